The highest BCUT2D eigenvalue weighted by molar-refractivity contribution is 9.09. The quantitative estimate of drug-likeness (QED) is 0.610. The van der Waals surface area contributed by atoms with Gasteiger partial charge in [-0.3, -0.25) is 4.79 Å². The van der Waals surface area contributed by atoms with Gasteiger partial charge in [-0.25, -0.2) is 0 Å². The highest BCUT2D eigenvalue weighted by Gasteiger charge is 2.29. The molecule has 2 aliphatic carbocycles. The van der Waals surface area contributed by atoms with Crippen molar-refractivity contribution in [3.63, 3.8) is 0 Å². The standard InChI is InChI=1S/C14H24BrNO/c15-13(12-7-8-12)10-16-14(17)9-11-5-3-1-2-4-6-11/h11-13H,1-10H2,(H,16,17). The van der Waals surface area contributed by atoms with E-state index in [9.17, 15) is 4.79 Å². The summed E-state index contributed by atoms with van der Waals surface area (Å²) in [4.78, 5) is 12.3. The van der Waals surface area contributed by atoms with Crippen molar-refractivity contribution >= 4 is 21.8 Å². The van der Waals surface area contributed by atoms with Gasteiger partial charge in [0.15, 0.2) is 0 Å². The summed E-state index contributed by atoms with van der Waals surface area (Å²) in [5.41, 5.74) is 0. The zero-order valence-electron chi connectivity index (χ0n) is 10.6. The van der Waals surface area contributed by atoms with Gasteiger partial charge in [-0.1, -0.05) is 41.6 Å². The van der Waals surface area contributed by atoms with Crippen molar-refractivity contribution in [1.29, 1.82) is 0 Å². The van der Waals surface area contributed by atoms with E-state index in [0.29, 0.717) is 10.7 Å². The fourth-order valence-electron chi connectivity index (χ4n) is 2.74. The van der Waals surface area contributed by atoms with Crippen LogP contribution >= 0.6 is 15.9 Å². The molecule has 17 heavy (non-hydrogen) atoms. The molecule has 0 bridgehead atoms. The van der Waals surface area contributed by atoms with E-state index in [-0.39, 0.29) is 5.91 Å². The number of hydrogen-bond donors (Lipinski definition) is 1. The molecule has 1 amide bonds. The normalized spacial score (nSPS) is 24.1. The summed E-state index contributed by atoms with van der Waals surface area (Å²) in [6.07, 6.45) is 11.3. The van der Waals surface area contributed by atoms with Gasteiger partial charge in [-0.15, -0.1) is 0 Å². The second-order valence-corrected chi connectivity index (χ2v) is 6.90. The van der Waals surface area contributed by atoms with Crippen LogP contribution in [0, 0.1) is 11.8 Å². The summed E-state index contributed by atoms with van der Waals surface area (Å²) in [5.74, 6) is 1.72. The van der Waals surface area contributed by atoms with Gasteiger partial charge < -0.3 is 5.32 Å². The molecule has 0 saturated heterocycles. The smallest absolute Gasteiger partial charge is 0.220 e. The maximum absolute atomic E-state index is 11.8. The van der Waals surface area contributed by atoms with E-state index in [2.05, 4.69) is 21.2 Å². The molecule has 2 aliphatic rings. The Morgan fingerprint density at radius 1 is 1.12 bits per heavy atom. The number of halogens is 1. The maximum Gasteiger partial charge on any atom is 0.220 e. The molecular weight excluding hydrogens is 278 g/mol. The third kappa shape index (κ3) is 4.99. The Labute approximate surface area is 113 Å². The minimum Gasteiger partial charge on any atom is -0.355 e. The van der Waals surface area contributed by atoms with Crippen LogP contribution in [-0.4, -0.2) is 17.3 Å². The van der Waals surface area contributed by atoms with Crippen LogP contribution in [0.4, 0.5) is 0 Å². The van der Waals surface area contributed by atoms with Crippen molar-refractivity contribution in [3.05, 3.63) is 0 Å². The summed E-state index contributed by atoms with van der Waals surface area (Å²) >= 11 is 3.66. The van der Waals surface area contributed by atoms with E-state index in [1.54, 1.807) is 0 Å². The lowest BCUT2D eigenvalue weighted by molar-refractivity contribution is -0.122. The van der Waals surface area contributed by atoms with E-state index in [4.69, 9.17) is 0 Å². The number of carbonyl (C=O) groups excluding carboxylic acids is 1. The molecule has 0 aromatic rings. The number of nitrogens with one attached hydrogen (secondary N) is 1. The molecule has 2 rings (SSSR count). The number of carbonyl (C=O) groups is 1. The van der Waals surface area contributed by atoms with Gasteiger partial charge in [0.1, 0.15) is 0 Å². The highest BCUT2D eigenvalue weighted by Crippen LogP contribution is 2.36. The second kappa shape index (κ2) is 6.77. The van der Waals surface area contributed by atoms with Gasteiger partial charge in [-0.2, -0.15) is 0 Å². The molecule has 3 heteroatoms. The maximum atomic E-state index is 11.8. The predicted molar refractivity (Wildman–Crippen MR) is 74.3 cm³/mol. The molecule has 2 fully saturated rings. The fraction of sp³-hybridized carbons (Fsp3) is 0.929. The highest BCUT2D eigenvalue weighted by atomic mass is 79.9. The molecule has 1 N–H and O–H groups in total. The molecule has 0 aromatic carbocycles. The lowest BCUT2D eigenvalue weighted by Crippen LogP contribution is -2.31. The van der Waals surface area contributed by atoms with Crippen LogP contribution in [0.5, 0.6) is 0 Å². The summed E-state index contributed by atoms with van der Waals surface area (Å²) < 4.78 is 0. The van der Waals surface area contributed by atoms with E-state index >= 15 is 0 Å². The van der Waals surface area contributed by atoms with Gasteiger partial charge in [0.05, 0.1) is 0 Å². The lowest BCUT2D eigenvalue weighted by Gasteiger charge is -2.15. The molecule has 0 spiro atoms. The first kappa shape index (κ1) is 13.4. The topological polar surface area (TPSA) is 29.1 Å². The molecule has 0 aliphatic heterocycles. The van der Waals surface area contributed by atoms with Crippen LogP contribution in [0.15, 0.2) is 0 Å². The molecular formula is C14H24BrNO. The number of amides is 1. The minimum absolute atomic E-state index is 0.266. The van der Waals surface area contributed by atoms with Gasteiger partial charge in [-0.05, 0) is 37.5 Å². The van der Waals surface area contributed by atoms with Crippen molar-refractivity contribution < 1.29 is 4.79 Å². The summed E-state index contributed by atoms with van der Waals surface area (Å²) in [7, 11) is 0. The van der Waals surface area contributed by atoms with Crippen molar-refractivity contribution in [2.24, 2.45) is 11.8 Å². The van der Waals surface area contributed by atoms with Crippen LogP contribution in [0.2, 0.25) is 0 Å². The van der Waals surface area contributed by atoms with Crippen molar-refractivity contribution in [2.75, 3.05) is 6.54 Å². The van der Waals surface area contributed by atoms with Gasteiger partial charge in [0.25, 0.3) is 0 Å². The lowest BCUT2D eigenvalue weighted by atomic mass is 9.96. The van der Waals surface area contributed by atoms with Gasteiger partial charge in [0.2, 0.25) is 5.91 Å². The van der Waals surface area contributed by atoms with Crippen molar-refractivity contribution in [2.45, 2.75) is 62.6 Å². The Bertz CT molecular complexity index is 245. The fourth-order valence-corrected chi connectivity index (χ4v) is 3.43. The Hall–Kier alpha value is -0.0500. The first-order chi connectivity index (χ1) is 8.25. The number of rotatable bonds is 5. The first-order valence-electron chi connectivity index (χ1n) is 7.16. The van der Waals surface area contributed by atoms with Crippen LogP contribution in [0.3, 0.4) is 0 Å². The zero-order chi connectivity index (χ0) is 12.1. The zero-order valence-corrected chi connectivity index (χ0v) is 12.2. The monoisotopic (exact) mass is 301 g/mol. The summed E-state index contributed by atoms with van der Waals surface area (Å²) in [6.45, 7) is 0.816. The van der Waals surface area contributed by atoms with Crippen LogP contribution in [0.25, 0.3) is 0 Å². The Morgan fingerprint density at radius 3 is 2.35 bits per heavy atom. The summed E-state index contributed by atoms with van der Waals surface area (Å²) in [6, 6.07) is 0. The minimum atomic E-state index is 0.266. The molecule has 1 unspecified atom stereocenters. The average Bonchev–Trinajstić information content (AvgIpc) is 3.13. The van der Waals surface area contributed by atoms with Gasteiger partial charge in [0, 0.05) is 17.8 Å². The van der Waals surface area contributed by atoms with Crippen LogP contribution in [-0.2, 0) is 4.79 Å². The van der Waals surface area contributed by atoms with Crippen LogP contribution in [0.1, 0.15) is 57.8 Å². The number of alkyl halides is 1. The SMILES string of the molecule is O=C(CC1CCCCCC1)NCC(Br)C1CC1. The summed E-state index contributed by atoms with van der Waals surface area (Å²) in [5, 5.41) is 3.09. The van der Waals surface area contributed by atoms with E-state index < -0.39 is 0 Å². The van der Waals surface area contributed by atoms with E-state index in [1.165, 1.54) is 51.4 Å². The molecule has 0 aromatic heterocycles. The number of hydrogen-bond acceptors (Lipinski definition) is 1. The third-order valence-corrected chi connectivity index (χ3v) is 5.15. The Morgan fingerprint density at radius 2 is 1.76 bits per heavy atom. The largest absolute Gasteiger partial charge is 0.355 e. The molecule has 2 saturated carbocycles. The second-order valence-electron chi connectivity index (χ2n) is 5.72. The molecule has 2 nitrogen and oxygen atoms in total. The van der Waals surface area contributed by atoms with E-state index in [0.717, 1.165) is 18.9 Å². The van der Waals surface area contributed by atoms with Crippen molar-refractivity contribution in [3.8, 4) is 0 Å². The van der Waals surface area contributed by atoms with Gasteiger partial charge >= 0.3 is 0 Å². The Balaban J connectivity index is 1.61. The third-order valence-electron chi connectivity index (χ3n) is 4.08. The first-order valence-corrected chi connectivity index (χ1v) is 8.08. The predicted octanol–water partition coefficient (Wildman–Crippen LogP) is 3.64. The van der Waals surface area contributed by atoms with Crippen LogP contribution < -0.4 is 5.32 Å². The average molecular weight is 302 g/mol. The molecule has 98 valence electrons. The van der Waals surface area contributed by atoms with E-state index in [1.807, 2.05) is 0 Å². The molecule has 0 radical (unpaired) electrons. The molecule has 0 heterocycles. The Kier molecular flexibility index (Phi) is 5.33. The van der Waals surface area contributed by atoms with Crippen molar-refractivity contribution in [1.82, 2.24) is 5.32 Å². The molecule has 1 atom stereocenters.